The van der Waals surface area contributed by atoms with Crippen molar-refractivity contribution >= 4 is 11.7 Å². The van der Waals surface area contributed by atoms with Crippen molar-refractivity contribution in [1.82, 2.24) is 14.8 Å². The number of pyridine rings is 1. The van der Waals surface area contributed by atoms with Gasteiger partial charge in [-0.25, -0.2) is 4.98 Å². The summed E-state index contributed by atoms with van der Waals surface area (Å²) in [6.07, 6.45) is 1.60. The Kier molecular flexibility index (Phi) is 5.76. The van der Waals surface area contributed by atoms with Gasteiger partial charge in [0.2, 0.25) is 0 Å². The van der Waals surface area contributed by atoms with Gasteiger partial charge in [-0.2, -0.15) is 0 Å². The average Bonchev–Trinajstić information content (AvgIpc) is 2.33. The Morgan fingerprint density at radius 1 is 1.37 bits per heavy atom. The second kappa shape index (κ2) is 7.09. The van der Waals surface area contributed by atoms with Crippen LogP contribution in [-0.4, -0.2) is 54.4 Å². The second-order valence-corrected chi connectivity index (χ2v) is 5.38. The predicted octanol–water partition coefficient (Wildman–Crippen LogP) is 1.32. The molecule has 19 heavy (non-hydrogen) atoms. The first-order chi connectivity index (χ1) is 8.91. The van der Waals surface area contributed by atoms with Gasteiger partial charge >= 0.3 is 0 Å². The highest BCUT2D eigenvalue weighted by Crippen LogP contribution is 2.12. The molecule has 1 aromatic rings. The molecule has 0 fully saturated rings. The lowest BCUT2D eigenvalue weighted by molar-refractivity contribution is 0.0725. The summed E-state index contributed by atoms with van der Waals surface area (Å²) in [6.45, 7) is 6.45. The van der Waals surface area contributed by atoms with Gasteiger partial charge < -0.3 is 15.5 Å². The monoisotopic (exact) mass is 264 g/mol. The molecule has 2 N–H and O–H groups in total. The maximum Gasteiger partial charge on any atom is 0.257 e. The van der Waals surface area contributed by atoms with Gasteiger partial charge in [0, 0.05) is 25.8 Å². The summed E-state index contributed by atoms with van der Waals surface area (Å²) < 4.78 is 0. The summed E-state index contributed by atoms with van der Waals surface area (Å²) in [5, 5.41) is 0. The van der Waals surface area contributed by atoms with Gasteiger partial charge in [0.25, 0.3) is 5.91 Å². The Balaban J connectivity index is 2.84. The van der Waals surface area contributed by atoms with Crippen LogP contribution in [0.1, 0.15) is 24.2 Å². The maximum atomic E-state index is 12.5. The molecule has 1 amide bonds. The fourth-order valence-electron chi connectivity index (χ4n) is 1.81. The van der Waals surface area contributed by atoms with Gasteiger partial charge in [0.15, 0.2) is 0 Å². The van der Waals surface area contributed by atoms with Crippen LogP contribution in [0.5, 0.6) is 0 Å². The van der Waals surface area contributed by atoms with Crippen LogP contribution in [0.3, 0.4) is 0 Å². The average molecular weight is 264 g/mol. The fraction of sp³-hybridized carbons (Fsp3) is 0.571. The first kappa shape index (κ1) is 15.4. The van der Waals surface area contributed by atoms with Crippen LogP contribution in [0, 0.1) is 5.92 Å². The van der Waals surface area contributed by atoms with E-state index in [1.165, 1.54) is 0 Å². The molecular weight excluding hydrogens is 240 g/mol. The summed E-state index contributed by atoms with van der Waals surface area (Å²) in [5.74, 6) is 0.677. The highest BCUT2D eigenvalue weighted by Gasteiger charge is 2.19. The number of nitrogens with zero attached hydrogens (tertiary/aromatic N) is 3. The molecule has 0 aliphatic heterocycles. The van der Waals surface area contributed by atoms with E-state index in [0.29, 0.717) is 23.8 Å². The van der Waals surface area contributed by atoms with Crippen LogP contribution < -0.4 is 5.73 Å². The van der Waals surface area contributed by atoms with Crippen LogP contribution in [-0.2, 0) is 0 Å². The number of carbonyl (C=O) groups is 1. The maximum absolute atomic E-state index is 12.5. The number of aromatic nitrogens is 1. The summed E-state index contributed by atoms with van der Waals surface area (Å²) in [6, 6.07) is 3.47. The fourth-order valence-corrected chi connectivity index (χ4v) is 1.81. The molecule has 0 saturated heterocycles. The number of anilines is 1. The lowest BCUT2D eigenvalue weighted by atomic mass is 10.1. The lowest BCUT2D eigenvalue weighted by Gasteiger charge is -2.26. The third-order valence-electron chi connectivity index (χ3n) is 2.76. The molecule has 106 valence electrons. The van der Waals surface area contributed by atoms with Gasteiger partial charge in [-0.3, -0.25) is 4.79 Å². The Labute approximate surface area is 115 Å². The van der Waals surface area contributed by atoms with Crippen molar-refractivity contribution in [3.05, 3.63) is 23.9 Å². The highest BCUT2D eigenvalue weighted by molar-refractivity contribution is 5.98. The minimum atomic E-state index is -0.0406. The topological polar surface area (TPSA) is 62.5 Å². The van der Waals surface area contributed by atoms with Crippen molar-refractivity contribution in [2.24, 2.45) is 5.92 Å². The van der Waals surface area contributed by atoms with Gasteiger partial charge in [0.05, 0.1) is 5.56 Å². The zero-order valence-electron chi connectivity index (χ0n) is 12.3. The summed E-state index contributed by atoms with van der Waals surface area (Å²) in [4.78, 5) is 20.4. The van der Waals surface area contributed by atoms with E-state index in [2.05, 4.69) is 23.7 Å². The second-order valence-electron chi connectivity index (χ2n) is 5.38. The number of hydrogen-bond acceptors (Lipinski definition) is 4. The van der Waals surface area contributed by atoms with E-state index in [0.717, 1.165) is 13.1 Å². The zero-order valence-corrected chi connectivity index (χ0v) is 12.3. The highest BCUT2D eigenvalue weighted by atomic mass is 16.2. The molecule has 0 unspecified atom stereocenters. The third-order valence-corrected chi connectivity index (χ3v) is 2.76. The minimum absolute atomic E-state index is 0.0406. The number of amides is 1. The largest absolute Gasteiger partial charge is 0.383 e. The molecule has 0 bridgehead atoms. The van der Waals surface area contributed by atoms with Crippen LogP contribution in [0.25, 0.3) is 0 Å². The Hall–Kier alpha value is -1.62. The van der Waals surface area contributed by atoms with Crippen molar-refractivity contribution in [3.63, 3.8) is 0 Å². The van der Waals surface area contributed by atoms with E-state index in [4.69, 9.17) is 5.73 Å². The molecular formula is C14H24N4O. The molecule has 1 aromatic heterocycles. The van der Waals surface area contributed by atoms with E-state index in [-0.39, 0.29) is 5.91 Å². The number of nitrogen functional groups attached to an aromatic ring is 1. The first-order valence-electron chi connectivity index (χ1n) is 6.56. The van der Waals surface area contributed by atoms with Crippen molar-refractivity contribution in [2.75, 3.05) is 39.5 Å². The summed E-state index contributed by atoms with van der Waals surface area (Å²) >= 11 is 0. The Morgan fingerprint density at radius 2 is 2.05 bits per heavy atom. The molecule has 0 spiro atoms. The minimum Gasteiger partial charge on any atom is -0.383 e. The quantitative estimate of drug-likeness (QED) is 0.842. The molecule has 5 heteroatoms. The van der Waals surface area contributed by atoms with E-state index >= 15 is 0 Å². The molecule has 0 radical (unpaired) electrons. The molecule has 0 aromatic carbocycles. The van der Waals surface area contributed by atoms with Crippen molar-refractivity contribution < 1.29 is 4.79 Å². The van der Waals surface area contributed by atoms with Gasteiger partial charge in [0.1, 0.15) is 5.82 Å². The summed E-state index contributed by atoms with van der Waals surface area (Å²) in [5.41, 5.74) is 6.26. The number of nitrogens with two attached hydrogens (primary N) is 1. The van der Waals surface area contributed by atoms with E-state index in [1.54, 1.807) is 18.3 Å². The normalized spacial score (nSPS) is 11.1. The zero-order chi connectivity index (χ0) is 14.4. The van der Waals surface area contributed by atoms with Crippen LogP contribution in [0.15, 0.2) is 18.3 Å². The Bertz CT molecular complexity index is 418. The smallest absolute Gasteiger partial charge is 0.257 e. The van der Waals surface area contributed by atoms with Crippen molar-refractivity contribution in [2.45, 2.75) is 13.8 Å². The SMILES string of the molecule is CC(C)CN(CCN(C)C)C(=O)c1cccnc1N. The van der Waals surface area contributed by atoms with E-state index in [9.17, 15) is 4.79 Å². The van der Waals surface area contributed by atoms with Crippen LogP contribution in [0.2, 0.25) is 0 Å². The number of hydrogen-bond donors (Lipinski definition) is 1. The van der Waals surface area contributed by atoms with Gasteiger partial charge in [-0.05, 0) is 32.1 Å². The van der Waals surface area contributed by atoms with Gasteiger partial charge in [-0.1, -0.05) is 13.8 Å². The number of carbonyl (C=O) groups excluding carboxylic acids is 1. The van der Waals surface area contributed by atoms with E-state index < -0.39 is 0 Å². The number of rotatable bonds is 6. The van der Waals surface area contributed by atoms with Crippen LogP contribution in [0.4, 0.5) is 5.82 Å². The van der Waals surface area contributed by atoms with Crippen LogP contribution >= 0.6 is 0 Å². The molecule has 0 atom stereocenters. The number of likely N-dealkylation sites (N-methyl/N-ethyl adjacent to an activating group) is 1. The molecule has 1 rings (SSSR count). The Morgan fingerprint density at radius 3 is 2.58 bits per heavy atom. The molecule has 0 aliphatic carbocycles. The van der Waals surface area contributed by atoms with E-state index in [1.807, 2.05) is 19.0 Å². The molecule has 0 aliphatic rings. The first-order valence-corrected chi connectivity index (χ1v) is 6.56. The molecule has 1 heterocycles. The van der Waals surface area contributed by atoms with Crippen molar-refractivity contribution in [3.8, 4) is 0 Å². The molecule has 5 nitrogen and oxygen atoms in total. The lowest BCUT2D eigenvalue weighted by Crippen LogP contribution is -2.39. The molecule has 0 saturated carbocycles. The van der Waals surface area contributed by atoms with Crippen molar-refractivity contribution in [1.29, 1.82) is 0 Å². The summed E-state index contributed by atoms with van der Waals surface area (Å²) in [7, 11) is 3.99. The van der Waals surface area contributed by atoms with Gasteiger partial charge in [-0.15, -0.1) is 0 Å². The third kappa shape index (κ3) is 4.87. The standard InChI is InChI=1S/C14H24N4O/c1-11(2)10-18(9-8-17(3)4)14(19)12-6-5-7-16-13(12)15/h5-7,11H,8-10H2,1-4H3,(H2,15,16). The predicted molar refractivity (Wildman–Crippen MR) is 77.9 cm³/mol.